The molecule has 1 N–H and O–H groups in total. The van der Waals surface area contributed by atoms with Crippen molar-refractivity contribution in [2.45, 2.75) is 32.1 Å². The molecule has 0 bridgehead atoms. The first-order chi connectivity index (χ1) is 12.1. The highest BCUT2D eigenvalue weighted by Gasteiger charge is 2.19. The Morgan fingerprint density at radius 1 is 1.32 bits per heavy atom. The van der Waals surface area contributed by atoms with Crippen LogP contribution in [-0.2, 0) is 9.53 Å². The predicted octanol–water partition coefficient (Wildman–Crippen LogP) is 2.95. The minimum Gasteiger partial charge on any atom is -0.378 e. The average Bonchev–Trinajstić information content (AvgIpc) is 2.62. The van der Waals surface area contributed by atoms with Crippen molar-refractivity contribution in [2.75, 3.05) is 36.5 Å². The number of hydrogen-bond acceptors (Lipinski definition) is 5. The normalized spacial score (nSPS) is 14.0. The standard InChI is InChI=1S/C18H23N3O4/c1-2-3-4-5-6-7-18(22)19-16-14-15(8-9-17(16)21(23)24)20-10-12-25-13-11-20/h1,8-9,14H,3-7,10-13H2,(H,19,22). The molecule has 134 valence electrons. The number of hydrogen-bond donors (Lipinski definition) is 1. The molecule has 0 radical (unpaired) electrons. The number of benzene rings is 1. The largest absolute Gasteiger partial charge is 0.378 e. The zero-order valence-electron chi connectivity index (χ0n) is 14.2. The number of amides is 1. The summed E-state index contributed by atoms with van der Waals surface area (Å²) in [5, 5.41) is 13.9. The lowest BCUT2D eigenvalue weighted by atomic mass is 10.1. The first-order valence-electron chi connectivity index (χ1n) is 8.46. The van der Waals surface area contributed by atoms with E-state index in [1.54, 1.807) is 12.1 Å². The van der Waals surface area contributed by atoms with Gasteiger partial charge in [-0.15, -0.1) is 12.3 Å². The molecule has 0 atom stereocenters. The van der Waals surface area contributed by atoms with Gasteiger partial charge < -0.3 is 15.0 Å². The van der Waals surface area contributed by atoms with Gasteiger partial charge in [-0.2, -0.15) is 0 Å². The molecule has 25 heavy (non-hydrogen) atoms. The van der Waals surface area contributed by atoms with E-state index in [-0.39, 0.29) is 17.3 Å². The molecule has 1 aromatic rings. The topological polar surface area (TPSA) is 84.7 Å². The molecule has 0 unspecified atom stereocenters. The van der Waals surface area contributed by atoms with Gasteiger partial charge in [0.2, 0.25) is 5.91 Å². The van der Waals surface area contributed by atoms with E-state index >= 15 is 0 Å². The summed E-state index contributed by atoms with van der Waals surface area (Å²) in [4.78, 5) is 24.9. The maximum Gasteiger partial charge on any atom is 0.292 e. The van der Waals surface area contributed by atoms with Crippen molar-refractivity contribution in [1.82, 2.24) is 0 Å². The number of anilines is 2. The molecule has 1 aliphatic rings. The number of carbonyl (C=O) groups is 1. The number of nitro groups is 1. The smallest absolute Gasteiger partial charge is 0.292 e. The fraction of sp³-hybridized carbons (Fsp3) is 0.500. The van der Waals surface area contributed by atoms with Crippen LogP contribution in [0, 0.1) is 22.5 Å². The summed E-state index contributed by atoms with van der Waals surface area (Å²) in [5.41, 5.74) is 0.985. The summed E-state index contributed by atoms with van der Waals surface area (Å²) in [6.07, 6.45) is 8.68. The van der Waals surface area contributed by atoms with Crippen LogP contribution in [0.1, 0.15) is 32.1 Å². The van der Waals surface area contributed by atoms with Gasteiger partial charge in [-0.1, -0.05) is 6.42 Å². The Kier molecular flexibility index (Phi) is 7.23. The van der Waals surface area contributed by atoms with Gasteiger partial charge in [0, 0.05) is 37.7 Å². The highest BCUT2D eigenvalue weighted by atomic mass is 16.6. The van der Waals surface area contributed by atoms with Crippen molar-refractivity contribution in [1.29, 1.82) is 0 Å². The van der Waals surface area contributed by atoms with E-state index in [1.165, 1.54) is 6.07 Å². The number of terminal acetylenes is 1. The summed E-state index contributed by atoms with van der Waals surface area (Å²) in [5.74, 6) is 2.34. The zero-order chi connectivity index (χ0) is 18.1. The van der Waals surface area contributed by atoms with Gasteiger partial charge in [-0.25, -0.2) is 0 Å². The van der Waals surface area contributed by atoms with Crippen LogP contribution in [0.15, 0.2) is 18.2 Å². The summed E-state index contributed by atoms with van der Waals surface area (Å²) in [7, 11) is 0. The summed E-state index contributed by atoms with van der Waals surface area (Å²) >= 11 is 0. The van der Waals surface area contributed by atoms with Crippen molar-refractivity contribution in [3.63, 3.8) is 0 Å². The molecule has 0 saturated carbocycles. The summed E-state index contributed by atoms with van der Waals surface area (Å²) < 4.78 is 5.32. The van der Waals surface area contributed by atoms with Gasteiger partial charge in [0.15, 0.2) is 0 Å². The molecule has 1 aromatic carbocycles. The molecule has 1 saturated heterocycles. The molecule has 1 heterocycles. The number of ether oxygens (including phenoxy) is 1. The molecule has 0 spiro atoms. The molecule has 2 rings (SSSR count). The van der Waals surface area contributed by atoms with E-state index in [4.69, 9.17) is 11.2 Å². The van der Waals surface area contributed by atoms with Crippen LogP contribution in [0.25, 0.3) is 0 Å². The van der Waals surface area contributed by atoms with Gasteiger partial charge >= 0.3 is 0 Å². The van der Waals surface area contributed by atoms with Crippen LogP contribution >= 0.6 is 0 Å². The number of nitrogens with one attached hydrogen (secondary N) is 1. The number of carbonyl (C=O) groups excluding carboxylic acids is 1. The van der Waals surface area contributed by atoms with Gasteiger partial charge in [-0.3, -0.25) is 14.9 Å². The van der Waals surface area contributed by atoms with Gasteiger partial charge in [-0.05, 0) is 25.0 Å². The molecule has 0 aliphatic carbocycles. The second-order valence-electron chi connectivity index (χ2n) is 5.87. The zero-order valence-corrected chi connectivity index (χ0v) is 14.2. The number of nitro benzene ring substituents is 1. The quantitative estimate of drug-likeness (QED) is 0.339. The van der Waals surface area contributed by atoms with Crippen LogP contribution in [0.2, 0.25) is 0 Å². The Morgan fingerprint density at radius 2 is 2.08 bits per heavy atom. The SMILES string of the molecule is C#CCCCCCC(=O)Nc1cc(N2CCOCC2)ccc1[N+](=O)[O-]. The number of unbranched alkanes of at least 4 members (excludes halogenated alkanes) is 3. The van der Waals surface area contributed by atoms with Crippen molar-refractivity contribution in [3.05, 3.63) is 28.3 Å². The second kappa shape index (κ2) is 9.64. The molecular weight excluding hydrogens is 322 g/mol. The minimum atomic E-state index is -0.481. The first-order valence-corrected chi connectivity index (χ1v) is 8.46. The predicted molar refractivity (Wildman–Crippen MR) is 96.7 cm³/mol. The van der Waals surface area contributed by atoms with E-state index in [1.807, 2.05) is 0 Å². The monoisotopic (exact) mass is 345 g/mol. The fourth-order valence-electron chi connectivity index (χ4n) is 2.70. The van der Waals surface area contributed by atoms with Crippen molar-refractivity contribution in [2.24, 2.45) is 0 Å². The third-order valence-electron chi connectivity index (χ3n) is 4.05. The number of rotatable bonds is 8. The van der Waals surface area contributed by atoms with Gasteiger partial charge in [0.25, 0.3) is 5.69 Å². The third kappa shape index (κ3) is 5.76. The Labute approximate surface area is 147 Å². The van der Waals surface area contributed by atoms with Gasteiger partial charge in [0.05, 0.1) is 18.1 Å². The molecule has 7 heteroatoms. The van der Waals surface area contributed by atoms with Gasteiger partial charge in [0.1, 0.15) is 5.69 Å². The Morgan fingerprint density at radius 3 is 2.76 bits per heavy atom. The van der Waals surface area contributed by atoms with Crippen LogP contribution in [-0.4, -0.2) is 37.1 Å². The fourth-order valence-corrected chi connectivity index (χ4v) is 2.70. The Bertz CT molecular complexity index is 648. The van der Waals surface area contributed by atoms with Crippen molar-refractivity contribution < 1.29 is 14.5 Å². The van der Waals surface area contributed by atoms with E-state index in [9.17, 15) is 14.9 Å². The molecule has 0 aromatic heterocycles. The first kappa shape index (κ1) is 18.7. The Balaban J connectivity index is 2.02. The average molecular weight is 345 g/mol. The van der Waals surface area contributed by atoms with Crippen LogP contribution in [0.3, 0.4) is 0 Å². The molecule has 1 aliphatic heterocycles. The maximum absolute atomic E-state index is 12.1. The number of nitrogens with zero attached hydrogens (tertiary/aromatic N) is 2. The van der Waals surface area contributed by atoms with Crippen LogP contribution in [0.5, 0.6) is 0 Å². The van der Waals surface area contributed by atoms with E-state index in [0.29, 0.717) is 32.5 Å². The highest BCUT2D eigenvalue weighted by molar-refractivity contribution is 5.93. The maximum atomic E-state index is 12.1. The van der Waals surface area contributed by atoms with Crippen LogP contribution in [0.4, 0.5) is 17.1 Å². The van der Waals surface area contributed by atoms with E-state index in [2.05, 4.69) is 16.1 Å². The highest BCUT2D eigenvalue weighted by Crippen LogP contribution is 2.30. The Hall–Kier alpha value is -2.59. The lowest BCUT2D eigenvalue weighted by molar-refractivity contribution is -0.383. The third-order valence-corrected chi connectivity index (χ3v) is 4.05. The van der Waals surface area contributed by atoms with Crippen molar-refractivity contribution >= 4 is 23.0 Å². The minimum absolute atomic E-state index is 0.0994. The molecule has 1 amide bonds. The molecular formula is C18H23N3O4. The lowest BCUT2D eigenvalue weighted by Crippen LogP contribution is -2.36. The van der Waals surface area contributed by atoms with E-state index in [0.717, 1.165) is 31.6 Å². The van der Waals surface area contributed by atoms with E-state index < -0.39 is 4.92 Å². The summed E-state index contributed by atoms with van der Waals surface area (Å²) in [6, 6.07) is 4.81. The second-order valence-corrected chi connectivity index (χ2v) is 5.87. The summed E-state index contributed by atoms with van der Waals surface area (Å²) in [6.45, 7) is 2.69. The van der Waals surface area contributed by atoms with Crippen LogP contribution < -0.4 is 10.2 Å². The lowest BCUT2D eigenvalue weighted by Gasteiger charge is -2.29. The number of morpholine rings is 1. The molecule has 1 fully saturated rings. The van der Waals surface area contributed by atoms with Crippen molar-refractivity contribution in [3.8, 4) is 12.3 Å². The molecule has 7 nitrogen and oxygen atoms in total.